The van der Waals surface area contributed by atoms with Crippen molar-refractivity contribution in [1.29, 1.82) is 0 Å². The van der Waals surface area contributed by atoms with E-state index in [4.69, 9.17) is 21.1 Å². The largest absolute Gasteiger partial charge is 0.460 e. The molecule has 1 aromatic heterocycles. The Bertz CT molecular complexity index is 959. The van der Waals surface area contributed by atoms with E-state index in [1.54, 1.807) is 72.7 Å². The minimum Gasteiger partial charge on any atom is -0.460 e. The molecule has 7 heteroatoms. The maximum atomic E-state index is 13.0. The van der Waals surface area contributed by atoms with Crippen LogP contribution in [0.3, 0.4) is 0 Å². The van der Waals surface area contributed by atoms with Gasteiger partial charge >= 0.3 is 11.9 Å². The molecule has 30 heavy (non-hydrogen) atoms. The molecule has 1 aromatic carbocycles. The van der Waals surface area contributed by atoms with Crippen molar-refractivity contribution in [3.05, 3.63) is 57.4 Å². The third-order valence-electron chi connectivity index (χ3n) is 4.01. The Morgan fingerprint density at radius 1 is 0.933 bits per heavy atom. The van der Waals surface area contributed by atoms with E-state index in [2.05, 4.69) is 4.98 Å². The van der Waals surface area contributed by atoms with Crippen LogP contribution in [-0.4, -0.2) is 33.9 Å². The number of halogens is 1. The van der Waals surface area contributed by atoms with Crippen molar-refractivity contribution < 1.29 is 23.9 Å². The van der Waals surface area contributed by atoms with Gasteiger partial charge in [-0.15, -0.1) is 0 Å². The standard InChI is InChI=1S/C23H28ClNO5/c1-13-18(21(28)30-23(5,6)7)16(12-17(26)29-22(2,3)4)25-19(13)20(27)14-8-10-15(24)11-9-14/h8-11,25H,12H2,1-7H3. The first-order valence-corrected chi connectivity index (χ1v) is 10.0. The van der Waals surface area contributed by atoms with Gasteiger partial charge < -0.3 is 14.5 Å². The fraction of sp³-hybridized carbons (Fsp3) is 0.435. The summed E-state index contributed by atoms with van der Waals surface area (Å²) < 4.78 is 10.9. The molecule has 0 aliphatic carbocycles. The molecule has 0 atom stereocenters. The van der Waals surface area contributed by atoms with E-state index >= 15 is 0 Å². The van der Waals surface area contributed by atoms with Gasteiger partial charge in [0.05, 0.1) is 17.7 Å². The molecular formula is C23H28ClNO5. The van der Waals surface area contributed by atoms with Crippen molar-refractivity contribution in [2.45, 2.75) is 66.1 Å². The lowest BCUT2D eigenvalue weighted by molar-refractivity contribution is -0.154. The summed E-state index contributed by atoms with van der Waals surface area (Å²) in [6.45, 7) is 12.2. The second-order valence-corrected chi connectivity index (χ2v) is 9.52. The van der Waals surface area contributed by atoms with Gasteiger partial charge in [-0.1, -0.05) is 11.6 Å². The summed E-state index contributed by atoms with van der Waals surface area (Å²) in [6.07, 6.45) is -0.194. The molecule has 1 heterocycles. The topological polar surface area (TPSA) is 85.5 Å². The molecule has 0 amide bonds. The van der Waals surface area contributed by atoms with Crippen LogP contribution in [0.4, 0.5) is 0 Å². The number of rotatable bonds is 5. The first-order valence-electron chi connectivity index (χ1n) is 9.65. The number of carbonyl (C=O) groups excluding carboxylic acids is 3. The molecule has 0 spiro atoms. The molecule has 2 aromatic rings. The van der Waals surface area contributed by atoms with Gasteiger partial charge in [-0.05, 0) is 78.3 Å². The smallest absolute Gasteiger partial charge is 0.340 e. The van der Waals surface area contributed by atoms with Crippen molar-refractivity contribution in [2.24, 2.45) is 0 Å². The minimum atomic E-state index is -0.732. The molecule has 0 saturated heterocycles. The summed E-state index contributed by atoms with van der Waals surface area (Å²) >= 11 is 5.90. The molecule has 0 radical (unpaired) electrons. The number of esters is 2. The summed E-state index contributed by atoms with van der Waals surface area (Å²) in [6, 6.07) is 6.43. The predicted octanol–water partition coefficient (Wildman–Crippen LogP) is 5.05. The SMILES string of the molecule is Cc1c(C(=O)c2ccc(Cl)cc2)[nH]c(CC(=O)OC(C)(C)C)c1C(=O)OC(C)(C)C. The Hall–Kier alpha value is -2.60. The molecule has 0 aliphatic heterocycles. The third-order valence-corrected chi connectivity index (χ3v) is 4.26. The number of aromatic nitrogens is 1. The Balaban J connectivity index is 2.49. The number of aromatic amines is 1. The van der Waals surface area contributed by atoms with Crippen LogP contribution in [0, 0.1) is 6.92 Å². The van der Waals surface area contributed by atoms with Gasteiger partial charge in [0.2, 0.25) is 5.78 Å². The highest BCUT2D eigenvalue weighted by molar-refractivity contribution is 6.30. The lowest BCUT2D eigenvalue weighted by atomic mass is 10.0. The molecule has 0 fully saturated rings. The van der Waals surface area contributed by atoms with Crippen LogP contribution in [0.15, 0.2) is 24.3 Å². The van der Waals surface area contributed by atoms with E-state index in [9.17, 15) is 14.4 Å². The monoisotopic (exact) mass is 433 g/mol. The molecule has 0 saturated carbocycles. The zero-order valence-electron chi connectivity index (χ0n) is 18.4. The first-order chi connectivity index (χ1) is 13.7. The molecule has 6 nitrogen and oxygen atoms in total. The number of ether oxygens (including phenoxy) is 2. The highest BCUT2D eigenvalue weighted by Gasteiger charge is 2.30. The van der Waals surface area contributed by atoms with Crippen LogP contribution in [0.5, 0.6) is 0 Å². The summed E-state index contributed by atoms with van der Waals surface area (Å²) in [5.41, 5.74) is 0.0982. The zero-order chi connectivity index (χ0) is 22.9. The average molecular weight is 434 g/mol. The van der Waals surface area contributed by atoms with Crippen LogP contribution >= 0.6 is 11.6 Å². The molecular weight excluding hydrogens is 406 g/mol. The summed E-state index contributed by atoms with van der Waals surface area (Å²) in [7, 11) is 0. The van der Waals surface area contributed by atoms with E-state index in [1.165, 1.54) is 0 Å². The van der Waals surface area contributed by atoms with E-state index in [1.807, 2.05) is 0 Å². The van der Waals surface area contributed by atoms with Crippen molar-refractivity contribution in [2.75, 3.05) is 0 Å². The van der Waals surface area contributed by atoms with E-state index < -0.39 is 23.1 Å². The number of nitrogens with one attached hydrogen (secondary N) is 1. The van der Waals surface area contributed by atoms with Crippen LogP contribution in [-0.2, 0) is 20.7 Å². The van der Waals surface area contributed by atoms with E-state index in [-0.39, 0.29) is 29.2 Å². The average Bonchev–Trinajstić information content (AvgIpc) is 2.87. The number of hydrogen-bond donors (Lipinski definition) is 1. The van der Waals surface area contributed by atoms with Crippen molar-refractivity contribution in [3.63, 3.8) is 0 Å². The van der Waals surface area contributed by atoms with Crippen LogP contribution in [0.2, 0.25) is 5.02 Å². The second-order valence-electron chi connectivity index (χ2n) is 9.08. The predicted molar refractivity (Wildman–Crippen MR) is 115 cm³/mol. The van der Waals surface area contributed by atoms with E-state index in [0.717, 1.165) is 0 Å². The highest BCUT2D eigenvalue weighted by atomic mass is 35.5. The van der Waals surface area contributed by atoms with Gasteiger partial charge in [-0.25, -0.2) is 4.79 Å². The Labute approximate surface area is 181 Å². The number of ketones is 1. The fourth-order valence-corrected chi connectivity index (χ4v) is 3.02. The Morgan fingerprint density at radius 3 is 1.97 bits per heavy atom. The van der Waals surface area contributed by atoms with Gasteiger partial charge in [0.25, 0.3) is 0 Å². The molecule has 0 bridgehead atoms. The molecule has 0 aliphatic rings. The van der Waals surface area contributed by atoms with Crippen molar-refractivity contribution in [3.8, 4) is 0 Å². The molecule has 0 unspecified atom stereocenters. The van der Waals surface area contributed by atoms with Crippen molar-refractivity contribution >= 4 is 29.3 Å². The lowest BCUT2D eigenvalue weighted by Crippen LogP contribution is -2.27. The lowest BCUT2D eigenvalue weighted by Gasteiger charge is -2.21. The van der Waals surface area contributed by atoms with Gasteiger partial charge in [-0.2, -0.15) is 0 Å². The van der Waals surface area contributed by atoms with Crippen LogP contribution in [0.25, 0.3) is 0 Å². The number of carbonyl (C=O) groups is 3. The molecule has 1 N–H and O–H groups in total. The third kappa shape index (κ3) is 6.20. The number of hydrogen-bond acceptors (Lipinski definition) is 5. The molecule has 162 valence electrons. The minimum absolute atomic E-state index is 0.174. The highest BCUT2D eigenvalue weighted by Crippen LogP contribution is 2.25. The van der Waals surface area contributed by atoms with Gasteiger partial charge in [0.1, 0.15) is 11.2 Å². The normalized spacial score (nSPS) is 11.9. The maximum Gasteiger partial charge on any atom is 0.340 e. The van der Waals surface area contributed by atoms with E-state index in [0.29, 0.717) is 16.1 Å². The van der Waals surface area contributed by atoms with Crippen LogP contribution < -0.4 is 0 Å². The Morgan fingerprint density at radius 2 is 1.47 bits per heavy atom. The zero-order valence-corrected chi connectivity index (χ0v) is 19.2. The molecule has 2 rings (SSSR count). The number of benzene rings is 1. The quantitative estimate of drug-likeness (QED) is 0.527. The van der Waals surface area contributed by atoms with Gasteiger partial charge in [0.15, 0.2) is 0 Å². The fourth-order valence-electron chi connectivity index (χ4n) is 2.89. The summed E-state index contributed by atoms with van der Waals surface area (Å²) in [5.74, 6) is -1.44. The van der Waals surface area contributed by atoms with Crippen molar-refractivity contribution in [1.82, 2.24) is 4.98 Å². The first kappa shape index (κ1) is 23.7. The second kappa shape index (κ2) is 8.64. The maximum absolute atomic E-state index is 13.0. The Kier molecular flexibility index (Phi) is 6.82. The van der Waals surface area contributed by atoms with Gasteiger partial charge in [-0.3, -0.25) is 9.59 Å². The van der Waals surface area contributed by atoms with Gasteiger partial charge in [0, 0.05) is 16.3 Å². The van der Waals surface area contributed by atoms with Crippen LogP contribution in [0.1, 0.15) is 79.2 Å². The summed E-state index contributed by atoms with van der Waals surface area (Å²) in [4.78, 5) is 41.2. The summed E-state index contributed by atoms with van der Waals surface area (Å²) in [5, 5.41) is 0.509. The number of H-pyrrole nitrogens is 1.